The molecular formula is C19H30N2O4. The molecule has 2 aliphatic heterocycles. The third-order valence-corrected chi connectivity index (χ3v) is 4.79. The number of likely N-dealkylation sites (tertiary alicyclic amines) is 1. The molecule has 0 aliphatic carbocycles. The van der Waals surface area contributed by atoms with E-state index in [4.69, 9.17) is 14.2 Å². The highest BCUT2D eigenvalue weighted by atomic mass is 16.5. The summed E-state index contributed by atoms with van der Waals surface area (Å²) in [6.07, 6.45) is 2.73. The Kier molecular flexibility index (Phi) is 5.71. The standard InChI is InChI=1S/C19H30N2O4/c1-20(2)13-19(22)6-4-7-21(14-19)12-15-10-17-18(11-16(15)23-3)25-9-5-8-24-17/h10-11,22H,4-9,12-14H2,1-3H3/t19-/m1/s1. The van der Waals surface area contributed by atoms with Gasteiger partial charge in [0.25, 0.3) is 0 Å². The number of methoxy groups -OCH3 is 1. The van der Waals surface area contributed by atoms with E-state index in [1.54, 1.807) is 7.11 Å². The van der Waals surface area contributed by atoms with Crippen molar-refractivity contribution in [1.29, 1.82) is 0 Å². The molecule has 0 unspecified atom stereocenters. The molecule has 140 valence electrons. The van der Waals surface area contributed by atoms with E-state index in [-0.39, 0.29) is 0 Å². The maximum Gasteiger partial charge on any atom is 0.164 e. The van der Waals surface area contributed by atoms with E-state index in [9.17, 15) is 5.11 Å². The molecule has 1 aromatic carbocycles. The number of fused-ring (bicyclic) bond motifs is 1. The molecule has 25 heavy (non-hydrogen) atoms. The fraction of sp³-hybridized carbons (Fsp3) is 0.684. The third kappa shape index (κ3) is 4.57. The molecule has 0 aromatic heterocycles. The molecular weight excluding hydrogens is 320 g/mol. The van der Waals surface area contributed by atoms with Crippen LogP contribution in [-0.4, -0.2) is 74.6 Å². The van der Waals surface area contributed by atoms with Crippen molar-refractivity contribution in [3.05, 3.63) is 17.7 Å². The third-order valence-electron chi connectivity index (χ3n) is 4.79. The van der Waals surface area contributed by atoms with E-state index in [1.165, 1.54) is 0 Å². The Morgan fingerprint density at radius 1 is 1.20 bits per heavy atom. The molecule has 2 aliphatic rings. The van der Waals surface area contributed by atoms with Crippen LogP contribution >= 0.6 is 0 Å². The van der Waals surface area contributed by atoms with E-state index in [2.05, 4.69) is 9.80 Å². The number of hydrogen-bond donors (Lipinski definition) is 1. The quantitative estimate of drug-likeness (QED) is 0.873. The van der Waals surface area contributed by atoms with Gasteiger partial charge < -0.3 is 24.2 Å². The second-order valence-corrected chi connectivity index (χ2v) is 7.44. The average molecular weight is 350 g/mol. The highest BCUT2D eigenvalue weighted by Gasteiger charge is 2.34. The number of hydrogen-bond acceptors (Lipinski definition) is 6. The van der Waals surface area contributed by atoms with Gasteiger partial charge in [0.15, 0.2) is 11.5 Å². The first-order valence-electron chi connectivity index (χ1n) is 9.05. The first kappa shape index (κ1) is 18.3. The molecule has 0 spiro atoms. The lowest BCUT2D eigenvalue weighted by molar-refractivity contribution is -0.0481. The zero-order valence-electron chi connectivity index (χ0n) is 15.6. The maximum atomic E-state index is 10.9. The summed E-state index contributed by atoms with van der Waals surface area (Å²) in [6.45, 7) is 4.40. The Bertz CT molecular complexity index is 593. The summed E-state index contributed by atoms with van der Waals surface area (Å²) in [5.41, 5.74) is 0.418. The number of rotatable bonds is 5. The number of likely N-dealkylation sites (N-methyl/N-ethyl adjacent to an activating group) is 1. The lowest BCUT2D eigenvalue weighted by Gasteiger charge is -2.40. The van der Waals surface area contributed by atoms with Crippen LogP contribution in [0.4, 0.5) is 0 Å². The molecule has 0 saturated carbocycles. The van der Waals surface area contributed by atoms with E-state index in [0.717, 1.165) is 55.2 Å². The molecule has 0 bridgehead atoms. The van der Waals surface area contributed by atoms with Gasteiger partial charge in [0.1, 0.15) is 5.75 Å². The van der Waals surface area contributed by atoms with Gasteiger partial charge in [-0.15, -0.1) is 0 Å². The fourth-order valence-corrected chi connectivity index (χ4v) is 3.85. The maximum absolute atomic E-state index is 10.9. The number of benzene rings is 1. The molecule has 0 amide bonds. The summed E-state index contributed by atoms with van der Waals surface area (Å²) in [5.74, 6) is 2.35. The van der Waals surface area contributed by atoms with Gasteiger partial charge in [0, 0.05) is 37.7 Å². The summed E-state index contributed by atoms with van der Waals surface area (Å²) in [4.78, 5) is 4.35. The summed E-state index contributed by atoms with van der Waals surface area (Å²) >= 11 is 0. The van der Waals surface area contributed by atoms with Crippen molar-refractivity contribution < 1.29 is 19.3 Å². The van der Waals surface area contributed by atoms with Crippen LogP contribution in [0.5, 0.6) is 17.2 Å². The van der Waals surface area contributed by atoms with Crippen molar-refractivity contribution in [3.8, 4) is 17.2 Å². The summed E-state index contributed by atoms with van der Waals surface area (Å²) < 4.78 is 17.1. The molecule has 0 radical (unpaired) electrons. The van der Waals surface area contributed by atoms with Gasteiger partial charge in [-0.3, -0.25) is 4.90 Å². The molecule has 1 aromatic rings. The minimum atomic E-state index is -0.652. The fourth-order valence-electron chi connectivity index (χ4n) is 3.85. The Morgan fingerprint density at radius 3 is 2.60 bits per heavy atom. The minimum Gasteiger partial charge on any atom is -0.496 e. The molecule has 1 N–H and O–H groups in total. The van der Waals surface area contributed by atoms with Crippen molar-refractivity contribution >= 4 is 0 Å². The highest BCUT2D eigenvalue weighted by Crippen LogP contribution is 2.37. The lowest BCUT2D eigenvalue weighted by atomic mass is 9.92. The SMILES string of the molecule is COc1cc2c(cc1CN1CCC[C@@](O)(CN(C)C)C1)OCCCO2. The van der Waals surface area contributed by atoms with Gasteiger partial charge in [0.05, 0.1) is 25.9 Å². The molecule has 6 nitrogen and oxygen atoms in total. The van der Waals surface area contributed by atoms with Crippen molar-refractivity contribution in [2.45, 2.75) is 31.4 Å². The predicted octanol–water partition coefficient (Wildman–Crippen LogP) is 1.74. The molecule has 1 atom stereocenters. The minimum absolute atomic E-state index is 0.652. The molecule has 2 heterocycles. The Labute approximate surface area is 150 Å². The van der Waals surface area contributed by atoms with Gasteiger partial charge in [0.2, 0.25) is 0 Å². The highest BCUT2D eigenvalue weighted by molar-refractivity contribution is 5.51. The second-order valence-electron chi connectivity index (χ2n) is 7.44. The number of β-amino-alcohol motifs (C(OH)–C–C–N with tert-alkyl or cyclic N) is 1. The Morgan fingerprint density at radius 2 is 1.92 bits per heavy atom. The molecule has 1 fully saturated rings. The Balaban J connectivity index is 1.76. The van der Waals surface area contributed by atoms with Crippen LogP contribution in [0, 0.1) is 0 Å². The van der Waals surface area contributed by atoms with Crippen LogP contribution < -0.4 is 14.2 Å². The largest absolute Gasteiger partial charge is 0.496 e. The molecule has 6 heteroatoms. The van der Waals surface area contributed by atoms with Crippen LogP contribution in [0.1, 0.15) is 24.8 Å². The van der Waals surface area contributed by atoms with Crippen LogP contribution in [0.2, 0.25) is 0 Å². The van der Waals surface area contributed by atoms with E-state index >= 15 is 0 Å². The summed E-state index contributed by atoms with van der Waals surface area (Å²) in [7, 11) is 5.69. The first-order chi connectivity index (χ1) is 12.0. The predicted molar refractivity (Wildman–Crippen MR) is 96.6 cm³/mol. The van der Waals surface area contributed by atoms with Gasteiger partial charge in [-0.1, -0.05) is 0 Å². The normalized spacial score (nSPS) is 24.2. The number of aliphatic hydroxyl groups is 1. The van der Waals surface area contributed by atoms with Crippen molar-refractivity contribution in [1.82, 2.24) is 9.80 Å². The van der Waals surface area contributed by atoms with Crippen LogP contribution in [-0.2, 0) is 6.54 Å². The van der Waals surface area contributed by atoms with Crippen molar-refractivity contribution in [2.24, 2.45) is 0 Å². The van der Waals surface area contributed by atoms with Gasteiger partial charge in [-0.25, -0.2) is 0 Å². The van der Waals surface area contributed by atoms with E-state index < -0.39 is 5.60 Å². The van der Waals surface area contributed by atoms with E-state index in [0.29, 0.717) is 26.3 Å². The van der Waals surface area contributed by atoms with Gasteiger partial charge in [-0.2, -0.15) is 0 Å². The topological polar surface area (TPSA) is 54.4 Å². The molecule has 1 saturated heterocycles. The van der Waals surface area contributed by atoms with Crippen LogP contribution in [0.25, 0.3) is 0 Å². The zero-order chi connectivity index (χ0) is 17.9. The van der Waals surface area contributed by atoms with Crippen molar-refractivity contribution in [2.75, 3.05) is 54.1 Å². The second kappa shape index (κ2) is 7.81. The number of piperidine rings is 1. The zero-order valence-corrected chi connectivity index (χ0v) is 15.6. The van der Waals surface area contributed by atoms with Gasteiger partial charge in [-0.05, 0) is 39.5 Å². The summed E-state index contributed by atoms with van der Waals surface area (Å²) in [6, 6.07) is 3.95. The average Bonchev–Trinajstić information content (AvgIpc) is 2.77. The first-order valence-corrected chi connectivity index (χ1v) is 9.05. The lowest BCUT2D eigenvalue weighted by Crippen LogP contribution is -2.52. The summed E-state index contributed by atoms with van der Waals surface area (Å²) in [5, 5.41) is 10.9. The van der Waals surface area contributed by atoms with Crippen LogP contribution in [0.3, 0.4) is 0 Å². The van der Waals surface area contributed by atoms with Crippen molar-refractivity contribution in [3.63, 3.8) is 0 Å². The molecule has 3 rings (SSSR count). The number of nitrogens with zero attached hydrogens (tertiary/aromatic N) is 2. The van der Waals surface area contributed by atoms with Gasteiger partial charge >= 0.3 is 0 Å². The Hall–Kier alpha value is -1.50. The van der Waals surface area contributed by atoms with E-state index in [1.807, 2.05) is 26.2 Å². The number of ether oxygens (including phenoxy) is 3. The van der Waals surface area contributed by atoms with Crippen LogP contribution in [0.15, 0.2) is 12.1 Å². The smallest absolute Gasteiger partial charge is 0.164 e. The monoisotopic (exact) mass is 350 g/mol.